The van der Waals surface area contributed by atoms with Gasteiger partial charge < -0.3 is 10.2 Å². The van der Waals surface area contributed by atoms with Crippen LogP contribution in [0.2, 0.25) is 0 Å². The zero-order valence-corrected chi connectivity index (χ0v) is 10.8. The van der Waals surface area contributed by atoms with Gasteiger partial charge in [-0.05, 0) is 24.6 Å². The van der Waals surface area contributed by atoms with Crippen molar-refractivity contribution in [1.29, 1.82) is 0 Å². The van der Waals surface area contributed by atoms with Crippen molar-refractivity contribution in [3.05, 3.63) is 30.1 Å². The van der Waals surface area contributed by atoms with E-state index in [1.54, 1.807) is 11.1 Å². The van der Waals surface area contributed by atoms with Crippen LogP contribution in [0.25, 0.3) is 0 Å². The van der Waals surface area contributed by atoms with E-state index in [4.69, 9.17) is 0 Å². The Morgan fingerprint density at radius 3 is 2.94 bits per heavy atom. The topological polar surface area (TPSA) is 45.2 Å². The van der Waals surface area contributed by atoms with Crippen LogP contribution in [0.5, 0.6) is 0 Å². The second kappa shape index (κ2) is 7.01. The van der Waals surface area contributed by atoms with Crippen molar-refractivity contribution in [3.8, 4) is 0 Å². The molecular weight excluding hydrogens is 214 g/mol. The molecule has 0 aromatic carbocycles. The van der Waals surface area contributed by atoms with E-state index in [2.05, 4.69) is 17.2 Å². The highest BCUT2D eigenvalue weighted by atomic mass is 16.2. The zero-order chi connectivity index (χ0) is 12.7. The van der Waals surface area contributed by atoms with Crippen LogP contribution in [0.3, 0.4) is 0 Å². The lowest BCUT2D eigenvalue weighted by Gasteiger charge is -2.19. The maximum atomic E-state index is 11.9. The average Bonchev–Trinajstić information content (AvgIpc) is 2.36. The van der Waals surface area contributed by atoms with E-state index in [0.29, 0.717) is 6.42 Å². The van der Waals surface area contributed by atoms with Crippen molar-refractivity contribution in [3.63, 3.8) is 0 Å². The van der Waals surface area contributed by atoms with Crippen molar-refractivity contribution >= 4 is 5.91 Å². The molecule has 94 valence electrons. The second-order valence-electron chi connectivity index (χ2n) is 4.31. The van der Waals surface area contributed by atoms with Crippen LogP contribution in [0.15, 0.2) is 24.5 Å². The van der Waals surface area contributed by atoms with E-state index in [1.165, 1.54) is 0 Å². The molecule has 4 nitrogen and oxygen atoms in total. The number of nitrogens with zero attached hydrogens (tertiary/aromatic N) is 2. The Balaban J connectivity index is 2.46. The van der Waals surface area contributed by atoms with Gasteiger partial charge >= 0.3 is 0 Å². The van der Waals surface area contributed by atoms with E-state index in [1.807, 2.05) is 32.4 Å². The summed E-state index contributed by atoms with van der Waals surface area (Å²) in [6, 6.07) is 3.92. The number of amides is 1. The fraction of sp³-hybridized carbons (Fsp3) is 0.538. The van der Waals surface area contributed by atoms with Crippen molar-refractivity contribution in [2.45, 2.75) is 19.3 Å². The molecule has 0 saturated carbocycles. The van der Waals surface area contributed by atoms with Gasteiger partial charge in [0.2, 0.25) is 5.91 Å². The first kappa shape index (κ1) is 13.6. The summed E-state index contributed by atoms with van der Waals surface area (Å²) in [6.07, 6.45) is 4.11. The van der Waals surface area contributed by atoms with E-state index >= 15 is 0 Å². The lowest BCUT2D eigenvalue weighted by atomic mass is 9.99. The Labute approximate surface area is 103 Å². The van der Waals surface area contributed by atoms with Crippen molar-refractivity contribution in [1.82, 2.24) is 15.2 Å². The van der Waals surface area contributed by atoms with Crippen molar-refractivity contribution in [2.24, 2.45) is 0 Å². The Bertz CT molecular complexity index is 340. The largest absolute Gasteiger partial charge is 0.344 e. The molecule has 0 bridgehead atoms. The SMILES string of the molecule is CNCCN(C)C(=O)CC(C)c1cccnc1. The third-order valence-corrected chi connectivity index (χ3v) is 2.86. The van der Waals surface area contributed by atoms with Gasteiger partial charge in [-0.3, -0.25) is 9.78 Å². The van der Waals surface area contributed by atoms with Crippen molar-refractivity contribution < 1.29 is 4.79 Å². The van der Waals surface area contributed by atoms with Crippen LogP contribution in [-0.2, 0) is 4.79 Å². The number of carbonyl (C=O) groups excluding carboxylic acids is 1. The van der Waals surface area contributed by atoms with Crippen LogP contribution in [0.1, 0.15) is 24.8 Å². The minimum Gasteiger partial charge on any atom is -0.344 e. The van der Waals surface area contributed by atoms with Crippen LogP contribution in [0, 0.1) is 0 Å². The van der Waals surface area contributed by atoms with Crippen molar-refractivity contribution in [2.75, 3.05) is 27.2 Å². The smallest absolute Gasteiger partial charge is 0.222 e. The maximum Gasteiger partial charge on any atom is 0.222 e. The van der Waals surface area contributed by atoms with Crippen LogP contribution in [-0.4, -0.2) is 43.0 Å². The molecule has 0 saturated heterocycles. The molecule has 1 amide bonds. The molecule has 0 aliphatic carbocycles. The normalized spacial score (nSPS) is 12.2. The minimum absolute atomic E-state index is 0.177. The summed E-state index contributed by atoms with van der Waals surface area (Å²) in [4.78, 5) is 17.8. The predicted octanol–water partition coefficient (Wildman–Crippen LogP) is 1.25. The van der Waals surface area contributed by atoms with Gasteiger partial charge in [-0.25, -0.2) is 0 Å². The summed E-state index contributed by atoms with van der Waals surface area (Å²) < 4.78 is 0. The highest BCUT2D eigenvalue weighted by molar-refractivity contribution is 5.76. The number of carbonyl (C=O) groups is 1. The second-order valence-corrected chi connectivity index (χ2v) is 4.31. The molecule has 4 heteroatoms. The number of likely N-dealkylation sites (N-methyl/N-ethyl adjacent to an activating group) is 2. The molecular formula is C13H21N3O. The standard InChI is InChI=1S/C13H21N3O/c1-11(12-5-4-6-15-10-12)9-13(17)16(3)8-7-14-2/h4-6,10-11,14H,7-9H2,1-3H3. The number of aromatic nitrogens is 1. The number of pyridine rings is 1. The third kappa shape index (κ3) is 4.53. The molecule has 0 fully saturated rings. The molecule has 1 heterocycles. The molecule has 0 radical (unpaired) electrons. The molecule has 1 N–H and O–H groups in total. The van der Waals surface area contributed by atoms with E-state index in [-0.39, 0.29) is 11.8 Å². The summed E-state index contributed by atoms with van der Waals surface area (Å²) in [5.41, 5.74) is 1.11. The summed E-state index contributed by atoms with van der Waals surface area (Å²) in [7, 11) is 3.73. The molecule has 1 unspecified atom stereocenters. The van der Waals surface area contributed by atoms with Gasteiger partial charge in [-0.2, -0.15) is 0 Å². The lowest BCUT2D eigenvalue weighted by molar-refractivity contribution is -0.130. The molecule has 1 aromatic heterocycles. The first-order valence-electron chi connectivity index (χ1n) is 5.93. The molecule has 1 atom stereocenters. The monoisotopic (exact) mass is 235 g/mol. The highest BCUT2D eigenvalue weighted by Gasteiger charge is 2.14. The third-order valence-electron chi connectivity index (χ3n) is 2.86. The molecule has 0 aliphatic heterocycles. The van der Waals surface area contributed by atoms with Gasteiger partial charge in [-0.1, -0.05) is 13.0 Å². The Hall–Kier alpha value is -1.42. The van der Waals surface area contributed by atoms with Crippen LogP contribution in [0.4, 0.5) is 0 Å². The fourth-order valence-electron chi connectivity index (χ4n) is 1.61. The summed E-state index contributed by atoms with van der Waals surface area (Å²) in [6.45, 7) is 3.62. The maximum absolute atomic E-state index is 11.9. The van der Waals surface area contributed by atoms with Crippen LogP contribution < -0.4 is 5.32 Å². The quantitative estimate of drug-likeness (QED) is 0.807. The Kier molecular flexibility index (Phi) is 5.63. The van der Waals surface area contributed by atoms with E-state index < -0.39 is 0 Å². The van der Waals surface area contributed by atoms with E-state index in [9.17, 15) is 4.79 Å². The molecule has 0 spiro atoms. The van der Waals surface area contributed by atoms with Gasteiger partial charge in [-0.15, -0.1) is 0 Å². The predicted molar refractivity (Wildman–Crippen MR) is 68.8 cm³/mol. The highest BCUT2D eigenvalue weighted by Crippen LogP contribution is 2.18. The van der Waals surface area contributed by atoms with E-state index in [0.717, 1.165) is 18.7 Å². The average molecular weight is 235 g/mol. The first-order valence-corrected chi connectivity index (χ1v) is 5.93. The van der Waals surface area contributed by atoms with Gasteiger partial charge in [0.25, 0.3) is 0 Å². The molecule has 1 rings (SSSR count). The number of rotatable bonds is 6. The van der Waals surface area contributed by atoms with Gasteiger partial charge in [0.15, 0.2) is 0 Å². The zero-order valence-electron chi connectivity index (χ0n) is 10.8. The molecule has 17 heavy (non-hydrogen) atoms. The summed E-state index contributed by atoms with van der Waals surface area (Å²) in [5.74, 6) is 0.393. The van der Waals surface area contributed by atoms with Gasteiger partial charge in [0.1, 0.15) is 0 Å². The number of nitrogens with one attached hydrogen (secondary N) is 1. The summed E-state index contributed by atoms with van der Waals surface area (Å²) in [5, 5.41) is 3.03. The van der Waals surface area contributed by atoms with Gasteiger partial charge in [0, 0.05) is 39.0 Å². The minimum atomic E-state index is 0.177. The molecule has 0 aliphatic rings. The van der Waals surface area contributed by atoms with Crippen LogP contribution >= 0.6 is 0 Å². The Morgan fingerprint density at radius 2 is 2.35 bits per heavy atom. The summed E-state index contributed by atoms with van der Waals surface area (Å²) >= 11 is 0. The van der Waals surface area contributed by atoms with Gasteiger partial charge in [0.05, 0.1) is 0 Å². The lowest BCUT2D eigenvalue weighted by Crippen LogP contribution is -2.33. The Morgan fingerprint density at radius 1 is 1.59 bits per heavy atom. The first-order chi connectivity index (χ1) is 8.15. The number of hydrogen-bond acceptors (Lipinski definition) is 3. The fourth-order valence-corrected chi connectivity index (χ4v) is 1.61. The molecule has 1 aromatic rings. The number of hydrogen-bond donors (Lipinski definition) is 1.